The van der Waals surface area contributed by atoms with Crippen LogP contribution in [0.5, 0.6) is 0 Å². The topological polar surface area (TPSA) is 111 Å². The molecule has 0 aromatic carbocycles. The number of hydrogen-bond acceptors (Lipinski definition) is 8. The highest BCUT2D eigenvalue weighted by Crippen LogP contribution is 2.38. The Labute approximate surface area is 336 Å². The van der Waals surface area contributed by atoms with E-state index in [9.17, 15) is 19.0 Å². The minimum atomic E-state index is -4.64. The van der Waals surface area contributed by atoms with E-state index in [4.69, 9.17) is 18.5 Å². The third-order valence-electron chi connectivity index (χ3n) is 8.77. The third-order valence-corrected chi connectivity index (χ3v) is 9.74. The summed E-state index contributed by atoms with van der Waals surface area (Å²) in [6.45, 7) is 4.04. The molecule has 0 radical (unpaired) electrons. The van der Waals surface area contributed by atoms with Crippen LogP contribution in [0, 0.1) is 0 Å². The predicted octanol–water partition coefficient (Wildman–Crippen LogP) is 11.4. The van der Waals surface area contributed by atoms with Crippen LogP contribution >= 0.6 is 7.82 Å². The monoisotopic (exact) mass is 794 g/mol. The quantitative estimate of drug-likeness (QED) is 0.0200. The van der Waals surface area contributed by atoms with Gasteiger partial charge in [0, 0.05) is 12.8 Å². The number of nitrogens with zero attached hydrogens (tertiary/aromatic N) is 1. The van der Waals surface area contributed by atoms with E-state index >= 15 is 0 Å². The molecule has 0 fully saturated rings. The van der Waals surface area contributed by atoms with Crippen LogP contribution in [0.2, 0.25) is 0 Å². The number of likely N-dealkylation sites (N-methyl/N-ethyl adjacent to an activating group) is 1. The molecule has 0 amide bonds. The number of quaternary nitrogens is 1. The van der Waals surface area contributed by atoms with Crippen LogP contribution in [-0.4, -0.2) is 70.0 Å². The van der Waals surface area contributed by atoms with E-state index < -0.39 is 32.5 Å². The summed E-state index contributed by atoms with van der Waals surface area (Å²) in [6, 6.07) is 0. The van der Waals surface area contributed by atoms with Crippen LogP contribution in [0.1, 0.15) is 162 Å². The molecule has 9 nitrogen and oxygen atoms in total. The number of rotatable bonds is 38. The highest BCUT2D eigenvalue weighted by atomic mass is 31.2. The zero-order chi connectivity index (χ0) is 40.7. The van der Waals surface area contributed by atoms with E-state index in [1.807, 2.05) is 21.1 Å². The van der Waals surface area contributed by atoms with Crippen molar-refractivity contribution in [2.45, 2.75) is 168 Å². The third kappa shape index (κ3) is 41.2. The Balaban J connectivity index is 4.46. The molecule has 2 atom stereocenters. The summed E-state index contributed by atoms with van der Waals surface area (Å²) >= 11 is 0. The fourth-order valence-electron chi connectivity index (χ4n) is 5.40. The zero-order valence-corrected chi connectivity index (χ0v) is 36.5. The van der Waals surface area contributed by atoms with Crippen molar-refractivity contribution in [2.24, 2.45) is 0 Å². The summed E-state index contributed by atoms with van der Waals surface area (Å²) in [5, 5.41) is 0. The van der Waals surface area contributed by atoms with E-state index in [0.29, 0.717) is 23.9 Å². The van der Waals surface area contributed by atoms with Gasteiger partial charge in [0.05, 0.1) is 27.7 Å². The maximum Gasteiger partial charge on any atom is 0.306 e. The van der Waals surface area contributed by atoms with E-state index in [1.165, 1.54) is 51.4 Å². The van der Waals surface area contributed by atoms with Gasteiger partial charge in [-0.1, -0.05) is 132 Å². The molecular weight excluding hydrogens is 713 g/mol. The van der Waals surface area contributed by atoms with Crippen molar-refractivity contribution in [2.75, 3.05) is 47.5 Å². The molecule has 10 heteroatoms. The SMILES string of the molecule is CC/C=C\C/C=C\C/C=C\C/C=C\CCCCC(=O)OC[C@H](COP(=O)([O-])OCC[N+](C)(C)C)OC(=O)CCCCCCC/C=C\CCCCCCCCC. The van der Waals surface area contributed by atoms with E-state index in [0.717, 1.165) is 70.6 Å². The summed E-state index contributed by atoms with van der Waals surface area (Å²) in [7, 11) is 1.13. The first-order valence-corrected chi connectivity index (χ1v) is 23.0. The van der Waals surface area contributed by atoms with Crippen molar-refractivity contribution in [3.05, 3.63) is 60.8 Å². The number of carbonyl (C=O) groups excluding carboxylic acids is 2. The van der Waals surface area contributed by atoms with Crippen molar-refractivity contribution in [1.29, 1.82) is 0 Å². The Morgan fingerprint density at radius 1 is 0.582 bits per heavy atom. The second-order valence-corrected chi connectivity index (χ2v) is 16.7. The molecule has 0 aromatic rings. The Hall–Kier alpha value is -2.29. The maximum atomic E-state index is 12.7. The highest BCUT2D eigenvalue weighted by Gasteiger charge is 2.21. The predicted molar refractivity (Wildman–Crippen MR) is 226 cm³/mol. The molecular formula is C45H80NO8P. The molecule has 55 heavy (non-hydrogen) atoms. The first-order valence-electron chi connectivity index (χ1n) is 21.5. The van der Waals surface area contributed by atoms with Gasteiger partial charge in [0.1, 0.15) is 19.8 Å². The van der Waals surface area contributed by atoms with E-state index in [2.05, 4.69) is 74.6 Å². The van der Waals surface area contributed by atoms with Gasteiger partial charge in [-0.2, -0.15) is 0 Å². The molecule has 1 unspecified atom stereocenters. The number of hydrogen-bond donors (Lipinski definition) is 0. The molecule has 318 valence electrons. The molecule has 0 aliphatic heterocycles. The van der Waals surface area contributed by atoms with Crippen LogP contribution in [0.4, 0.5) is 0 Å². The summed E-state index contributed by atoms with van der Waals surface area (Å²) in [5.41, 5.74) is 0. The molecule has 0 saturated heterocycles. The van der Waals surface area contributed by atoms with Gasteiger partial charge in [-0.3, -0.25) is 14.2 Å². The van der Waals surface area contributed by atoms with Gasteiger partial charge in [0.25, 0.3) is 7.82 Å². The van der Waals surface area contributed by atoms with Gasteiger partial charge in [-0.05, 0) is 77.0 Å². The van der Waals surface area contributed by atoms with E-state index in [-0.39, 0.29) is 26.1 Å². The number of allylic oxidation sites excluding steroid dienone is 10. The number of esters is 2. The normalized spacial score (nSPS) is 14.2. The second-order valence-electron chi connectivity index (χ2n) is 15.3. The highest BCUT2D eigenvalue weighted by molar-refractivity contribution is 7.45. The Morgan fingerprint density at radius 3 is 1.60 bits per heavy atom. The number of phosphoric acid groups is 1. The van der Waals surface area contributed by atoms with Crippen molar-refractivity contribution >= 4 is 19.8 Å². The first-order chi connectivity index (χ1) is 26.5. The lowest BCUT2D eigenvalue weighted by atomic mass is 10.1. The molecule has 0 saturated carbocycles. The van der Waals surface area contributed by atoms with Crippen molar-refractivity contribution in [1.82, 2.24) is 0 Å². The lowest BCUT2D eigenvalue weighted by Crippen LogP contribution is -2.37. The Bertz CT molecular complexity index is 1120. The number of unbranched alkanes of at least 4 members (excludes halogenated alkanes) is 14. The zero-order valence-electron chi connectivity index (χ0n) is 35.6. The summed E-state index contributed by atoms with van der Waals surface area (Å²) in [4.78, 5) is 37.5. The van der Waals surface area contributed by atoms with Gasteiger partial charge < -0.3 is 27.9 Å². The molecule has 0 spiro atoms. The largest absolute Gasteiger partial charge is 0.756 e. The summed E-state index contributed by atoms with van der Waals surface area (Å²) < 4.78 is 33.8. The molecule has 0 N–H and O–H groups in total. The number of phosphoric ester groups is 1. The standard InChI is InChI=1S/C45H80NO8P/c1-6-8-10-12-14-16-18-20-22-24-26-28-30-32-34-36-38-45(48)54-43(42-53-55(49,50)52-40-39-46(3,4)5)41-51-44(47)37-35-33-31-29-27-25-23-21-19-17-15-13-11-9-7-2/h9,11,15,17,21-24,27,29,43H,6-8,10,12-14,16,18-20,25-26,28,30-42H2,1-5H3/b11-9-,17-15-,23-21-,24-22-,29-27-/t43-/m1/s1. The molecule has 0 bridgehead atoms. The minimum Gasteiger partial charge on any atom is -0.756 e. The average molecular weight is 794 g/mol. The van der Waals surface area contributed by atoms with Gasteiger partial charge >= 0.3 is 11.9 Å². The Morgan fingerprint density at radius 2 is 1.04 bits per heavy atom. The van der Waals surface area contributed by atoms with Gasteiger partial charge in [-0.15, -0.1) is 0 Å². The van der Waals surface area contributed by atoms with Gasteiger partial charge in [-0.25, -0.2) is 0 Å². The molecule has 0 aliphatic carbocycles. The Kier molecular flexibility index (Phi) is 35.7. The van der Waals surface area contributed by atoms with Gasteiger partial charge in [0.15, 0.2) is 6.10 Å². The minimum absolute atomic E-state index is 0.0415. The smallest absolute Gasteiger partial charge is 0.306 e. The van der Waals surface area contributed by atoms with Crippen LogP contribution in [-0.2, 0) is 32.7 Å². The second kappa shape index (κ2) is 37.3. The first kappa shape index (κ1) is 52.7. The molecule has 0 heterocycles. The molecule has 0 aliphatic rings. The fourth-order valence-corrected chi connectivity index (χ4v) is 6.13. The van der Waals surface area contributed by atoms with Crippen molar-refractivity contribution in [3.8, 4) is 0 Å². The van der Waals surface area contributed by atoms with Crippen molar-refractivity contribution in [3.63, 3.8) is 0 Å². The summed E-state index contributed by atoms with van der Waals surface area (Å²) in [6.07, 6.45) is 43.9. The average Bonchev–Trinajstić information content (AvgIpc) is 3.13. The molecule has 0 aromatic heterocycles. The van der Waals surface area contributed by atoms with Crippen LogP contribution in [0.3, 0.4) is 0 Å². The lowest BCUT2D eigenvalue weighted by molar-refractivity contribution is -0.870. The van der Waals surface area contributed by atoms with Gasteiger partial charge in [0.2, 0.25) is 0 Å². The number of carbonyl (C=O) groups is 2. The van der Waals surface area contributed by atoms with Crippen molar-refractivity contribution < 1.29 is 42.1 Å². The summed E-state index contributed by atoms with van der Waals surface area (Å²) in [5.74, 6) is -0.897. The van der Waals surface area contributed by atoms with Crippen LogP contribution in [0.25, 0.3) is 0 Å². The van der Waals surface area contributed by atoms with E-state index in [1.54, 1.807) is 0 Å². The van der Waals surface area contributed by atoms with Crippen LogP contribution in [0.15, 0.2) is 60.8 Å². The maximum absolute atomic E-state index is 12.7. The van der Waals surface area contributed by atoms with Crippen LogP contribution < -0.4 is 4.89 Å². The fraction of sp³-hybridized carbons (Fsp3) is 0.733. The lowest BCUT2D eigenvalue weighted by Gasteiger charge is -2.28. The number of ether oxygens (including phenoxy) is 2. The molecule has 0 rings (SSSR count).